The molecule has 1 amide bonds. The summed E-state index contributed by atoms with van der Waals surface area (Å²) in [7, 11) is 1.64. The van der Waals surface area contributed by atoms with Crippen LogP contribution in [0.4, 0.5) is 5.95 Å². The van der Waals surface area contributed by atoms with Crippen molar-refractivity contribution < 1.29 is 18.8 Å². The van der Waals surface area contributed by atoms with E-state index in [0.29, 0.717) is 41.2 Å². The summed E-state index contributed by atoms with van der Waals surface area (Å²) in [6, 6.07) is 8.49. The maximum absolute atomic E-state index is 12.4. The number of oxazole rings is 1. The van der Waals surface area contributed by atoms with Crippen molar-refractivity contribution in [1.82, 2.24) is 30.0 Å². The molecule has 11 nitrogen and oxygen atoms in total. The molecule has 174 valence electrons. The van der Waals surface area contributed by atoms with Crippen molar-refractivity contribution in [3.05, 3.63) is 60.1 Å². The minimum Gasteiger partial charge on any atom is -0.444 e. The molecule has 4 aromatic rings. The zero-order chi connectivity index (χ0) is 23.9. The Morgan fingerprint density at radius 1 is 1.15 bits per heavy atom. The zero-order valence-corrected chi connectivity index (χ0v) is 18.9. The number of amides is 1. The highest BCUT2D eigenvalue weighted by molar-refractivity contribution is 5.87. The van der Waals surface area contributed by atoms with Crippen LogP contribution in [0, 0.1) is 6.92 Å². The van der Waals surface area contributed by atoms with Crippen LogP contribution in [0.25, 0.3) is 22.8 Å². The monoisotopic (exact) mass is 461 g/mol. The highest BCUT2D eigenvalue weighted by Gasteiger charge is 2.48. The van der Waals surface area contributed by atoms with E-state index in [1.807, 2.05) is 26.0 Å². The highest BCUT2D eigenvalue weighted by Crippen LogP contribution is 2.34. The molecule has 4 aromatic heterocycles. The molecule has 0 radical (unpaired) electrons. The summed E-state index contributed by atoms with van der Waals surface area (Å²) in [6.07, 6.45) is 3.54. The predicted molar refractivity (Wildman–Crippen MR) is 120 cm³/mol. The van der Waals surface area contributed by atoms with Crippen molar-refractivity contribution in [3.63, 3.8) is 0 Å². The molecule has 11 heteroatoms. The number of hydrogen-bond acceptors (Lipinski definition) is 10. The van der Waals surface area contributed by atoms with Gasteiger partial charge in [-0.3, -0.25) is 4.79 Å². The van der Waals surface area contributed by atoms with E-state index in [-0.39, 0.29) is 18.2 Å². The lowest BCUT2D eigenvalue weighted by Crippen LogP contribution is -2.35. The lowest BCUT2D eigenvalue weighted by Gasteiger charge is -2.16. The van der Waals surface area contributed by atoms with E-state index in [4.69, 9.17) is 8.94 Å². The Labute approximate surface area is 194 Å². The third-order valence-corrected chi connectivity index (χ3v) is 5.71. The average molecular weight is 461 g/mol. The number of pyridine rings is 1. The number of likely N-dealkylation sites (tertiary alicyclic amines) is 1. The molecule has 0 saturated carbocycles. The van der Waals surface area contributed by atoms with Gasteiger partial charge in [0.15, 0.2) is 5.76 Å². The Hall–Kier alpha value is -4.12. The summed E-state index contributed by atoms with van der Waals surface area (Å²) < 4.78 is 10.9. The summed E-state index contributed by atoms with van der Waals surface area (Å²) >= 11 is 0. The molecule has 1 unspecified atom stereocenters. The fourth-order valence-corrected chi connectivity index (χ4v) is 3.79. The zero-order valence-electron chi connectivity index (χ0n) is 18.9. The Morgan fingerprint density at radius 3 is 2.62 bits per heavy atom. The van der Waals surface area contributed by atoms with E-state index in [2.05, 4.69) is 30.4 Å². The molecule has 5 rings (SSSR count). The van der Waals surface area contributed by atoms with E-state index in [0.717, 1.165) is 5.76 Å². The minimum atomic E-state index is -1.71. The van der Waals surface area contributed by atoms with E-state index < -0.39 is 11.5 Å². The second-order valence-electron chi connectivity index (χ2n) is 8.26. The van der Waals surface area contributed by atoms with E-state index >= 15 is 0 Å². The van der Waals surface area contributed by atoms with Crippen LogP contribution in [0.1, 0.15) is 36.8 Å². The van der Waals surface area contributed by atoms with Gasteiger partial charge in [0.1, 0.15) is 17.5 Å². The summed E-state index contributed by atoms with van der Waals surface area (Å²) in [4.78, 5) is 31.5. The van der Waals surface area contributed by atoms with Crippen molar-refractivity contribution in [2.24, 2.45) is 0 Å². The van der Waals surface area contributed by atoms with Crippen LogP contribution in [0.2, 0.25) is 0 Å². The van der Waals surface area contributed by atoms with E-state index in [1.165, 1.54) is 4.90 Å². The number of nitrogens with one attached hydrogen (secondary N) is 1. The third kappa shape index (κ3) is 3.90. The van der Waals surface area contributed by atoms with Crippen LogP contribution in [-0.2, 0) is 10.4 Å². The number of carbonyl (C=O) groups excluding carboxylic acids is 1. The second kappa shape index (κ2) is 8.34. The van der Waals surface area contributed by atoms with Crippen LogP contribution in [0.5, 0.6) is 0 Å². The van der Waals surface area contributed by atoms with Gasteiger partial charge in [-0.05, 0) is 32.0 Å². The quantitative estimate of drug-likeness (QED) is 0.440. The van der Waals surface area contributed by atoms with Crippen molar-refractivity contribution in [2.45, 2.75) is 31.9 Å². The standard InChI is InChI=1S/C23H23N7O4/c1-13-12-25-20(33-13)14(2)26-22-24-9-7-17(28-22)15-5-4-6-16(27-15)18-11-19(34-29-18)23(32)8-10-30(3)21(23)31/h4-7,9,11-12,14,32H,8,10H2,1-3H3,(H,24,26,28)/t14?,23-/m1/s1. The number of aliphatic hydroxyl groups is 1. The number of aromatic nitrogens is 5. The van der Waals surface area contributed by atoms with Crippen LogP contribution < -0.4 is 5.32 Å². The molecular weight excluding hydrogens is 438 g/mol. The van der Waals surface area contributed by atoms with Crippen molar-refractivity contribution in [3.8, 4) is 22.8 Å². The minimum absolute atomic E-state index is 0.105. The van der Waals surface area contributed by atoms with E-state index in [9.17, 15) is 9.90 Å². The normalized spacial score (nSPS) is 18.9. The van der Waals surface area contributed by atoms with Crippen molar-refractivity contribution in [1.29, 1.82) is 0 Å². The van der Waals surface area contributed by atoms with Gasteiger partial charge in [0, 0.05) is 32.3 Å². The predicted octanol–water partition coefficient (Wildman–Crippen LogP) is 2.71. The van der Waals surface area contributed by atoms with Gasteiger partial charge in [-0.2, -0.15) is 0 Å². The highest BCUT2D eigenvalue weighted by atomic mass is 16.5. The maximum Gasteiger partial charge on any atom is 0.262 e. The van der Waals surface area contributed by atoms with Gasteiger partial charge in [-0.1, -0.05) is 11.2 Å². The SMILES string of the molecule is Cc1cnc(C(C)Nc2nccc(-c3cccc(-c4cc([C@]5(O)CCN(C)C5=O)on4)n3)n2)o1. The number of carbonyl (C=O) groups is 1. The van der Waals surface area contributed by atoms with Gasteiger partial charge in [0.25, 0.3) is 5.91 Å². The number of anilines is 1. The fraction of sp³-hybridized carbons (Fsp3) is 0.304. The van der Waals surface area contributed by atoms with Gasteiger partial charge < -0.3 is 24.3 Å². The van der Waals surface area contributed by atoms with E-state index in [1.54, 1.807) is 37.6 Å². The van der Waals surface area contributed by atoms with Crippen LogP contribution in [-0.4, -0.2) is 54.6 Å². The molecule has 0 bridgehead atoms. The Balaban J connectivity index is 1.38. The first-order valence-corrected chi connectivity index (χ1v) is 10.8. The smallest absolute Gasteiger partial charge is 0.262 e. The second-order valence-corrected chi connectivity index (χ2v) is 8.26. The number of aryl methyl sites for hydroxylation is 1. The molecule has 1 fully saturated rings. The first kappa shape index (κ1) is 21.7. The van der Waals surface area contributed by atoms with Gasteiger partial charge in [-0.25, -0.2) is 19.9 Å². The molecule has 0 aliphatic carbocycles. The number of likely N-dealkylation sites (N-methyl/N-ethyl adjacent to an activating group) is 1. The Morgan fingerprint density at radius 2 is 1.91 bits per heavy atom. The van der Waals surface area contributed by atoms with Gasteiger partial charge >= 0.3 is 0 Å². The first-order valence-electron chi connectivity index (χ1n) is 10.8. The van der Waals surface area contributed by atoms with Gasteiger partial charge in [0.05, 0.1) is 23.3 Å². The maximum atomic E-state index is 12.4. The molecular formula is C23H23N7O4. The summed E-state index contributed by atoms with van der Waals surface area (Å²) in [5, 5.41) is 18.0. The topological polar surface area (TPSA) is 143 Å². The molecule has 5 heterocycles. The first-order chi connectivity index (χ1) is 16.3. The molecule has 1 aliphatic rings. The molecule has 34 heavy (non-hydrogen) atoms. The third-order valence-electron chi connectivity index (χ3n) is 5.71. The lowest BCUT2D eigenvalue weighted by atomic mass is 9.98. The molecule has 0 aromatic carbocycles. The van der Waals surface area contributed by atoms with Crippen LogP contribution in [0.3, 0.4) is 0 Å². The summed E-state index contributed by atoms with van der Waals surface area (Å²) in [5.41, 5.74) is 0.426. The molecule has 2 atom stereocenters. The fourth-order valence-electron chi connectivity index (χ4n) is 3.79. The van der Waals surface area contributed by atoms with Gasteiger partial charge in [-0.15, -0.1) is 0 Å². The molecule has 0 spiro atoms. The molecule has 2 N–H and O–H groups in total. The number of rotatable bonds is 6. The lowest BCUT2D eigenvalue weighted by molar-refractivity contribution is -0.144. The van der Waals surface area contributed by atoms with Crippen molar-refractivity contribution in [2.75, 3.05) is 18.9 Å². The Kier molecular flexibility index (Phi) is 5.33. The Bertz CT molecular complexity index is 1350. The van der Waals surface area contributed by atoms with Gasteiger partial charge in [0.2, 0.25) is 17.4 Å². The largest absolute Gasteiger partial charge is 0.444 e. The summed E-state index contributed by atoms with van der Waals surface area (Å²) in [5.74, 6) is 1.37. The van der Waals surface area contributed by atoms with Crippen molar-refractivity contribution >= 4 is 11.9 Å². The average Bonchev–Trinajstić information content (AvgIpc) is 3.57. The molecule has 1 aliphatic heterocycles. The van der Waals surface area contributed by atoms with Crippen LogP contribution >= 0.6 is 0 Å². The number of hydrogen-bond donors (Lipinski definition) is 2. The molecule has 1 saturated heterocycles. The van der Waals surface area contributed by atoms with Crippen LogP contribution in [0.15, 0.2) is 51.7 Å². The summed E-state index contributed by atoms with van der Waals surface area (Å²) in [6.45, 7) is 4.18. The number of nitrogens with zero attached hydrogens (tertiary/aromatic N) is 6.